The van der Waals surface area contributed by atoms with Crippen LogP contribution in [-0.4, -0.2) is 30.7 Å². The van der Waals surface area contributed by atoms with E-state index in [0.29, 0.717) is 12.1 Å². The molecule has 0 amide bonds. The van der Waals surface area contributed by atoms with Crippen molar-refractivity contribution < 1.29 is 0 Å². The molecule has 2 bridgehead atoms. The van der Waals surface area contributed by atoms with Crippen LogP contribution in [0.15, 0.2) is 12.4 Å². The van der Waals surface area contributed by atoms with E-state index in [1.54, 1.807) is 0 Å². The minimum atomic E-state index is 0.485. The Balaban J connectivity index is 1.60. The zero-order chi connectivity index (χ0) is 16.0. The van der Waals surface area contributed by atoms with Crippen molar-refractivity contribution in [3.8, 4) is 0 Å². The molecule has 4 rings (SSSR count). The lowest BCUT2D eigenvalue weighted by molar-refractivity contribution is 0.165. The van der Waals surface area contributed by atoms with E-state index in [9.17, 15) is 0 Å². The third kappa shape index (κ3) is 2.47. The van der Waals surface area contributed by atoms with Crippen LogP contribution in [0.2, 0.25) is 0 Å². The summed E-state index contributed by atoms with van der Waals surface area (Å²) >= 11 is 0. The van der Waals surface area contributed by atoms with E-state index in [-0.39, 0.29) is 0 Å². The maximum Gasteiger partial charge on any atom is 0.125 e. The summed E-state index contributed by atoms with van der Waals surface area (Å²) in [6.45, 7) is 8.39. The number of hydrogen-bond donors (Lipinski definition) is 0. The van der Waals surface area contributed by atoms with Gasteiger partial charge in [0.15, 0.2) is 0 Å². The molecule has 23 heavy (non-hydrogen) atoms. The van der Waals surface area contributed by atoms with Crippen LogP contribution in [0, 0.1) is 13.8 Å². The molecule has 0 N–H and O–H groups in total. The first-order valence-electron chi connectivity index (χ1n) is 8.76. The molecule has 122 valence electrons. The van der Waals surface area contributed by atoms with Gasteiger partial charge in [0.2, 0.25) is 0 Å². The van der Waals surface area contributed by atoms with Crippen LogP contribution in [-0.2, 0) is 19.5 Å². The normalized spacial score (nSPS) is 23.3. The van der Waals surface area contributed by atoms with Crippen molar-refractivity contribution in [2.45, 2.75) is 71.6 Å². The monoisotopic (exact) mass is 311 g/mol. The van der Waals surface area contributed by atoms with Gasteiger partial charge in [-0.3, -0.25) is 9.58 Å². The van der Waals surface area contributed by atoms with Gasteiger partial charge in [-0.25, -0.2) is 9.97 Å². The summed E-state index contributed by atoms with van der Waals surface area (Å²) in [5, 5.41) is 4.56. The third-order valence-corrected chi connectivity index (χ3v) is 5.44. The molecule has 0 saturated carbocycles. The van der Waals surface area contributed by atoms with Gasteiger partial charge in [0.05, 0.1) is 11.9 Å². The molecule has 2 atom stereocenters. The average molecular weight is 311 g/mol. The number of aromatic nitrogens is 4. The van der Waals surface area contributed by atoms with Crippen molar-refractivity contribution in [2.75, 3.05) is 0 Å². The first-order valence-corrected chi connectivity index (χ1v) is 8.76. The Morgan fingerprint density at radius 2 is 2.09 bits per heavy atom. The zero-order valence-electron chi connectivity index (χ0n) is 14.3. The zero-order valence-corrected chi connectivity index (χ0v) is 14.3. The average Bonchev–Trinajstić information content (AvgIpc) is 3.01. The van der Waals surface area contributed by atoms with Gasteiger partial charge in [-0.05, 0) is 33.1 Å². The van der Waals surface area contributed by atoms with Crippen LogP contribution < -0.4 is 0 Å². The number of nitrogens with zero attached hydrogens (tertiary/aromatic N) is 5. The van der Waals surface area contributed by atoms with Crippen LogP contribution in [0.5, 0.6) is 0 Å². The predicted octanol–water partition coefficient (Wildman–Crippen LogP) is 2.96. The summed E-state index contributed by atoms with van der Waals surface area (Å²) < 4.78 is 2.14. The van der Waals surface area contributed by atoms with E-state index in [4.69, 9.17) is 0 Å². The van der Waals surface area contributed by atoms with Crippen molar-refractivity contribution in [3.05, 3.63) is 40.7 Å². The lowest BCUT2D eigenvalue weighted by Gasteiger charge is -2.35. The minimum absolute atomic E-state index is 0.485. The first kappa shape index (κ1) is 14.8. The molecule has 2 unspecified atom stereocenters. The molecule has 0 radical (unpaired) electrons. The lowest BCUT2D eigenvalue weighted by Crippen LogP contribution is -2.37. The molecule has 0 spiro atoms. The van der Waals surface area contributed by atoms with E-state index >= 15 is 0 Å². The van der Waals surface area contributed by atoms with Crippen LogP contribution in [0.4, 0.5) is 0 Å². The quantitative estimate of drug-likeness (QED) is 0.871. The SMILES string of the molecule is CCCn1ncc(CN2C3CCC2c2cnc(C)nc2C3)c1C. The van der Waals surface area contributed by atoms with Gasteiger partial charge in [-0.15, -0.1) is 0 Å². The van der Waals surface area contributed by atoms with Gasteiger partial charge < -0.3 is 0 Å². The molecule has 2 aromatic heterocycles. The van der Waals surface area contributed by atoms with Crippen LogP contribution in [0.3, 0.4) is 0 Å². The molecule has 2 aliphatic rings. The van der Waals surface area contributed by atoms with E-state index in [2.05, 4.69) is 50.9 Å². The molecule has 4 heterocycles. The maximum absolute atomic E-state index is 4.69. The standard InChI is InChI=1S/C18H25N5/c1-4-7-23-12(2)14(9-20-23)11-22-15-5-6-18(22)16-10-19-13(3)21-17(16)8-15/h9-10,15,18H,4-8,11H2,1-3H3. The van der Waals surface area contributed by atoms with E-state index in [0.717, 1.165) is 31.8 Å². The molecule has 5 heteroatoms. The Kier molecular flexibility index (Phi) is 3.68. The van der Waals surface area contributed by atoms with Gasteiger partial charge in [0.1, 0.15) is 5.82 Å². The Labute approximate surface area is 137 Å². The molecule has 2 aromatic rings. The maximum atomic E-state index is 4.69. The van der Waals surface area contributed by atoms with Crippen LogP contribution >= 0.6 is 0 Å². The molecule has 2 aliphatic heterocycles. The second-order valence-corrected chi connectivity index (χ2v) is 6.92. The van der Waals surface area contributed by atoms with Crippen molar-refractivity contribution in [3.63, 3.8) is 0 Å². The number of fused-ring (bicyclic) bond motifs is 4. The highest BCUT2D eigenvalue weighted by Crippen LogP contribution is 2.43. The second-order valence-electron chi connectivity index (χ2n) is 6.92. The van der Waals surface area contributed by atoms with Crippen LogP contribution in [0.25, 0.3) is 0 Å². The number of rotatable bonds is 4. The van der Waals surface area contributed by atoms with E-state index < -0.39 is 0 Å². The number of aryl methyl sites for hydroxylation is 2. The first-order chi connectivity index (χ1) is 11.2. The van der Waals surface area contributed by atoms with Gasteiger partial charge in [0.25, 0.3) is 0 Å². The van der Waals surface area contributed by atoms with Crippen molar-refractivity contribution in [2.24, 2.45) is 0 Å². The highest BCUT2D eigenvalue weighted by Gasteiger charge is 2.40. The highest BCUT2D eigenvalue weighted by molar-refractivity contribution is 5.29. The molecular formula is C18H25N5. The molecule has 0 aromatic carbocycles. The van der Waals surface area contributed by atoms with Crippen LogP contribution in [0.1, 0.15) is 60.6 Å². The predicted molar refractivity (Wildman–Crippen MR) is 89.0 cm³/mol. The molecule has 1 saturated heterocycles. The summed E-state index contributed by atoms with van der Waals surface area (Å²) in [5.74, 6) is 0.897. The van der Waals surface area contributed by atoms with Gasteiger partial charge in [-0.1, -0.05) is 6.92 Å². The molecule has 5 nitrogen and oxygen atoms in total. The Hall–Kier alpha value is -1.75. The fourth-order valence-electron chi connectivity index (χ4n) is 4.19. The van der Waals surface area contributed by atoms with Gasteiger partial charge in [0, 0.05) is 54.6 Å². The second kappa shape index (κ2) is 5.71. The minimum Gasteiger partial charge on any atom is -0.288 e. The summed E-state index contributed by atoms with van der Waals surface area (Å²) in [5.41, 5.74) is 5.31. The summed E-state index contributed by atoms with van der Waals surface area (Å²) in [7, 11) is 0. The van der Waals surface area contributed by atoms with E-state index in [1.807, 2.05) is 6.92 Å². The van der Waals surface area contributed by atoms with Gasteiger partial charge in [-0.2, -0.15) is 5.10 Å². The Morgan fingerprint density at radius 1 is 1.22 bits per heavy atom. The fraction of sp³-hybridized carbons (Fsp3) is 0.611. The fourth-order valence-corrected chi connectivity index (χ4v) is 4.19. The lowest BCUT2D eigenvalue weighted by atomic mass is 9.98. The molecular weight excluding hydrogens is 286 g/mol. The number of hydrogen-bond acceptors (Lipinski definition) is 4. The Bertz CT molecular complexity index is 720. The van der Waals surface area contributed by atoms with Crippen molar-refractivity contribution >= 4 is 0 Å². The third-order valence-electron chi connectivity index (χ3n) is 5.44. The smallest absolute Gasteiger partial charge is 0.125 e. The van der Waals surface area contributed by atoms with Gasteiger partial charge >= 0.3 is 0 Å². The highest BCUT2D eigenvalue weighted by atomic mass is 15.3. The summed E-state index contributed by atoms with van der Waals surface area (Å²) in [6.07, 6.45) is 8.81. The van der Waals surface area contributed by atoms with Crippen molar-refractivity contribution in [1.82, 2.24) is 24.6 Å². The molecule has 0 aliphatic carbocycles. The Morgan fingerprint density at radius 3 is 2.91 bits per heavy atom. The largest absolute Gasteiger partial charge is 0.288 e. The topological polar surface area (TPSA) is 46.8 Å². The van der Waals surface area contributed by atoms with E-state index in [1.165, 1.54) is 35.4 Å². The molecule has 1 fully saturated rings. The summed E-state index contributed by atoms with van der Waals surface area (Å²) in [4.78, 5) is 11.8. The van der Waals surface area contributed by atoms with Crippen molar-refractivity contribution in [1.29, 1.82) is 0 Å². The summed E-state index contributed by atoms with van der Waals surface area (Å²) in [6, 6.07) is 1.11.